The summed E-state index contributed by atoms with van der Waals surface area (Å²) >= 11 is 0. The zero-order valence-corrected chi connectivity index (χ0v) is 15.8. The van der Waals surface area contributed by atoms with Crippen LogP contribution in [0, 0.1) is 25.2 Å². The lowest BCUT2D eigenvalue weighted by atomic mass is 10.0. The Morgan fingerprint density at radius 1 is 1.07 bits per heavy atom. The standard InChI is InChI=1S/C22H23N5/c1-16-11-17(2)21-20(12-16)22(18(13-23)14-25-21)27-9-7-26(8-10-27)15-19-5-3-4-6-24-19/h3-6,11-12,14H,7-10,15H2,1-2H3. The van der Waals surface area contributed by atoms with Crippen molar-refractivity contribution in [2.75, 3.05) is 31.1 Å². The molecule has 0 aliphatic carbocycles. The highest BCUT2D eigenvalue weighted by molar-refractivity contribution is 5.96. The van der Waals surface area contributed by atoms with Gasteiger partial charge in [-0.3, -0.25) is 14.9 Å². The van der Waals surface area contributed by atoms with Gasteiger partial charge in [-0.25, -0.2) is 0 Å². The van der Waals surface area contributed by atoms with Crippen molar-refractivity contribution >= 4 is 16.6 Å². The van der Waals surface area contributed by atoms with Crippen LogP contribution in [0.3, 0.4) is 0 Å². The molecule has 0 saturated carbocycles. The van der Waals surface area contributed by atoms with Gasteiger partial charge >= 0.3 is 0 Å². The predicted octanol–water partition coefficient (Wildman–Crippen LogP) is 3.44. The molecular formula is C22H23N5. The monoisotopic (exact) mass is 357 g/mol. The highest BCUT2D eigenvalue weighted by Crippen LogP contribution is 2.32. The van der Waals surface area contributed by atoms with Gasteiger partial charge in [0.2, 0.25) is 0 Å². The Bertz CT molecular complexity index is 999. The van der Waals surface area contributed by atoms with Crippen LogP contribution in [0.1, 0.15) is 22.4 Å². The number of nitriles is 1. The molecule has 5 heteroatoms. The third kappa shape index (κ3) is 3.49. The van der Waals surface area contributed by atoms with Crippen LogP contribution in [0.5, 0.6) is 0 Å². The van der Waals surface area contributed by atoms with E-state index in [1.165, 1.54) is 5.56 Å². The smallest absolute Gasteiger partial charge is 0.103 e. The first-order valence-corrected chi connectivity index (χ1v) is 9.33. The van der Waals surface area contributed by atoms with Crippen LogP contribution in [0.25, 0.3) is 10.9 Å². The predicted molar refractivity (Wildman–Crippen MR) is 108 cm³/mol. The van der Waals surface area contributed by atoms with Crippen LogP contribution in [0.15, 0.2) is 42.7 Å². The SMILES string of the molecule is Cc1cc(C)c2ncc(C#N)c(N3CCN(Cc4ccccn4)CC3)c2c1. The summed E-state index contributed by atoms with van der Waals surface area (Å²) in [6, 6.07) is 12.7. The van der Waals surface area contributed by atoms with Crippen molar-refractivity contribution < 1.29 is 0 Å². The van der Waals surface area contributed by atoms with Crippen molar-refractivity contribution in [3.63, 3.8) is 0 Å². The fourth-order valence-electron chi connectivity index (χ4n) is 3.92. The van der Waals surface area contributed by atoms with Crippen molar-refractivity contribution in [1.29, 1.82) is 5.26 Å². The molecule has 3 heterocycles. The highest BCUT2D eigenvalue weighted by Gasteiger charge is 2.22. The van der Waals surface area contributed by atoms with E-state index >= 15 is 0 Å². The van der Waals surface area contributed by atoms with E-state index in [1.54, 1.807) is 6.20 Å². The highest BCUT2D eigenvalue weighted by atomic mass is 15.3. The second-order valence-corrected chi connectivity index (χ2v) is 7.19. The van der Waals surface area contributed by atoms with E-state index in [9.17, 15) is 5.26 Å². The normalized spacial score (nSPS) is 15.1. The molecular weight excluding hydrogens is 334 g/mol. The maximum Gasteiger partial charge on any atom is 0.103 e. The average molecular weight is 357 g/mol. The molecule has 0 atom stereocenters. The Balaban J connectivity index is 1.61. The third-order valence-corrected chi connectivity index (χ3v) is 5.20. The molecule has 0 radical (unpaired) electrons. The van der Waals surface area contributed by atoms with E-state index < -0.39 is 0 Å². The number of fused-ring (bicyclic) bond motifs is 1. The summed E-state index contributed by atoms with van der Waals surface area (Å²) in [6.07, 6.45) is 3.57. The van der Waals surface area contributed by atoms with Gasteiger partial charge in [0.05, 0.1) is 22.5 Å². The van der Waals surface area contributed by atoms with E-state index in [0.717, 1.165) is 60.6 Å². The second kappa shape index (κ2) is 7.34. The Morgan fingerprint density at radius 2 is 1.89 bits per heavy atom. The number of benzene rings is 1. The number of nitrogens with zero attached hydrogens (tertiary/aromatic N) is 5. The molecule has 1 aromatic carbocycles. The Kier molecular flexibility index (Phi) is 4.74. The van der Waals surface area contributed by atoms with Gasteiger partial charge in [-0.1, -0.05) is 17.7 Å². The lowest BCUT2D eigenvalue weighted by Crippen LogP contribution is -2.46. The summed E-state index contributed by atoms with van der Waals surface area (Å²) < 4.78 is 0. The van der Waals surface area contributed by atoms with E-state index in [0.29, 0.717) is 5.56 Å². The summed E-state index contributed by atoms with van der Waals surface area (Å²) in [5, 5.41) is 10.7. The fourth-order valence-corrected chi connectivity index (χ4v) is 3.92. The van der Waals surface area contributed by atoms with Gasteiger partial charge in [-0.2, -0.15) is 5.26 Å². The van der Waals surface area contributed by atoms with Crippen LogP contribution < -0.4 is 4.90 Å². The Morgan fingerprint density at radius 3 is 2.59 bits per heavy atom. The molecule has 3 aromatic rings. The first-order valence-electron chi connectivity index (χ1n) is 9.33. The minimum Gasteiger partial charge on any atom is -0.367 e. The number of hydrogen-bond acceptors (Lipinski definition) is 5. The van der Waals surface area contributed by atoms with Crippen molar-refractivity contribution in [2.24, 2.45) is 0 Å². The molecule has 2 aromatic heterocycles. The van der Waals surface area contributed by atoms with Crippen molar-refractivity contribution in [3.05, 3.63) is 65.1 Å². The van der Waals surface area contributed by atoms with Gasteiger partial charge in [-0.15, -0.1) is 0 Å². The fraction of sp³-hybridized carbons (Fsp3) is 0.318. The van der Waals surface area contributed by atoms with Crippen molar-refractivity contribution in [2.45, 2.75) is 20.4 Å². The second-order valence-electron chi connectivity index (χ2n) is 7.19. The maximum atomic E-state index is 9.66. The minimum absolute atomic E-state index is 0.658. The van der Waals surface area contributed by atoms with Gasteiger partial charge in [-0.05, 0) is 37.6 Å². The van der Waals surface area contributed by atoms with E-state index in [4.69, 9.17) is 0 Å². The van der Waals surface area contributed by atoms with E-state index in [1.807, 2.05) is 18.3 Å². The number of piperazine rings is 1. The molecule has 1 fully saturated rings. The van der Waals surface area contributed by atoms with Gasteiger partial charge < -0.3 is 4.90 Å². The number of aryl methyl sites for hydroxylation is 2. The zero-order valence-electron chi connectivity index (χ0n) is 15.8. The molecule has 1 saturated heterocycles. The summed E-state index contributed by atoms with van der Waals surface area (Å²) in [5.41, 5.74) is 6.14. The molecule has 1 aliphatic rings. The average Bonchev–Trinajstić information content (AvgIpc) is 2.68. The van der Waals surface area contributed by atoms with Gasteiger partial charge in [0.15, 0.2) is 0 Å². The van der Waals surface area contributed by atoms with Crippen LogP contribution >= 0.6 is 0 Å². The largest absolute Gasteiger partial charge is 0.367 e. The quantitative estimate of drug-likeness (QED) is 0.719. The zero-order chi connectivity index (χ0) is 18.8. The van der Waals surface area contributed by atoms with Gasteiger partial charge in [0.25, 0.3) is 0 Å². The van der Waals surface area contributed by atoms with Crippen molar-refractivity contribution in [1.82, 2.24) is 14.9 Å². The van der Waals surface area contributed by atoms with Gasteiger partial charge in [0.1, 0.15) is 6.07 Å². The summed E-state index contributed by atoms with van der Waals surface area (Å²) in [5.74, 6) is 0. The Hall–Kier alpha value is -2.97. The molecule has 0 N–H and O–H groups in total. The number of hydrogen-bond donors (Lipinski definition) is 0. The van der Waals surface area contributed by atoms with Crippen molar-refractivity contribution in [3.8, 4) is 6.07 Å². The molecule has 0 unspecified atom stereocenters. The molecule has 0 amide bonds. The van der Waals surface area contributed by atoms with Crippen LogP contribution in [-0.2, 0) is 6.54 Å². The molecule has 1 aliphatic heterocycles. The number of pyridine rings is 2. The first kappa shape index (κ1) is 17.4. The maximum absolute atomic E-state index is 9.66. The third-order valence-electron chi connectivity index (χ3n) is 5.20. The summed E-state index contributed by atoms with van der Waals surface area (Å²) in [6.45, 7) is 8.76. The lowest BCUT2D eigenvalue weighted by molar-refractivity contribution is 0.247. The first-order chi connectivity index (χ1) is 13.2. The molecule has 5 nitrogen and oxygen atoms in total. The summed E-state index contributed by atoms with van der Waals surface area (Å²) in [4.78, 5) is 13.7. The van der Waals surface area contributed by atoms with Gasteiger partial charge in [0, 0.05) is 50.5 Å². The van der Waals surface area contributed by atoms with Crippen LogP contribution in [0.2, 0.25) is 0 Å². The van der Waals surface area contributed by atoms with E-state index in [-0.39, 0.29) is 0 Å². The van der Waals surface area contributed by atoms with Crippen LogP contribution in [-0.4, -0.2) is 41.0 Å². The molecule has 0 spiro atoms. The number of aromatic nitrogens is 2. The molecule has 0 bridgehead atoms. The lowest BCUT2D eigenvalue weighted by Gasteiger charge is -2.36. The minimum atomic E-state index is 0.658. The molecule has 27 heavy (non-hydrogen) atoms. The molecule has 136 valence electrons. The Labute approximate surface area is 159 Å². The summed E-state index contributed by atoms with van der Waals surface area (Å²) in [7, 11) is 0. The van der Waals surface area contributed by atoms with Crippen LogP contribution in [0.4, 0.5) is 5.69 Å². The number of rotatable bonds is 3. The number of anilines is 1. The molecule has 4 rings (SSSR count). The topological polar surface area (TPSA) is 56.1 Å². The van der Waals surface area contributed by atoms with E-state index in [2.05, 4.69) is 57.9 Å².